The van der Waals surface area contributed by atoms with Crippen LogP contribution in [0.15, 0.2) is 36.4 Å². The van der Waals surface area contributed by atoms with Crippen molar-refractivity contribution in [2.24, 2.45) is 0 Å². The highest BCUT2D eigenvalue weighted by Crippen LogP contribution is 2.29. The first-order valence-corrected chi connectivity index (χ1v) is 7.16. The van der Waals surface area contributed by atoms with E-state index in [4.69, 9.17) is 11.6 Å². The predicted octanol–water partition coefficient (Wildman–Crippen LogP) is 4.79. The number of aryl methyl sites for hydroxylation is 2. The normalized spacial score (nSPS) is 12.4. The maximum atomic E-state index is 14.3. The van der Waals surface area contributed by atoms with Crippen LogP contribution in [0.25, 0.3) is 0 Å². The lowest BCUT2D eigenvalue weighted by Crippen LogP contribution is -2.23. The molecule has 2 aromatic rings. The van der Waals surface area contributed by atoms with Gasteiger partial charge in [-0.2, -0.15) is 0 Å². The van der Waals surface area contributed by atoms with E-state index in [0.29, 0.717) is 5.56 Å². The number of benzene rings is 2. The lowest BCUT2D eigenvalue weighted by molar-refractivity contribution is 0.559. The minimum absolute atomic E-state index is 0.162. The van der Waals surface area contributed by atoms with Crippen LogP contribution in [-0.4, -0.2) is 6.54 Å². The largest absolute Gasteiger partial charge is 0.306 e. The van der Waals surface area contributed by atoms with E-state index in [1.54, 1.807) is 18.2 Å². The molecular weight excluding hydrogens is 273 g/mol. The van der Waals surface area contributed by atoms with Crippen molar-refractivity contribution in [1.82, 2.24) is 5.32 Å². The van der Waals surface area contributed by atoms with E-state index in [-0.39, 0.29) is 16.9 Å². The highest BCUT2D eigenvalue weighted by atomic mass is 35.5. The molecule has 1 unspecified atom stereocenters. The summed E-state index contributed by atoms with van der Waals surface area (Å²) in [6, 6.07) is 11.2. The fraction of sp³-hybridized carbons (Fsp3) is 0.294. The Hall–Kier alpha value is -1.38. The third-order valence-corrected chi connectivity index (χ3v) is 3.57. The summed E-state index contributed by atoms with van der Waals surface area (Å²) in [6.45, 7) is 6.86. The van der Waals surface area contributed by atoms with E-state index in [0.717, 1.165) is 12.1 Å². The average Bonchev–Trinajstić information content (AvgIpc) is 2.38. The van der Waals surface area contributed by atoms with E-state index in [2.05, 4.69) is 23.5 Å². The molecule has 0 aromatic heterocycles. The molecule has 0 aliphatic heterocycles. The lowest BCUT2D eigenvalue weighted by Gasteiger charge is -2.21. The first-order valence-electron chi connectivity index (χ1n) is 6.78. The minimum atomic E-state index is -0.348. The second-order valence-electron chi connectivity index (χ2n) is 5.05. The Bertz CT molecular complexity index is 590. The Morgan fingerprint density at radius 1 is 1.15 bits per heavy atom. The number of halogens is 2. The Kier molecular flexibility index (Phi) is 4.79. The first-order chi connectivity index (χ1) is 9.52. The quantitative estimate of drug-likeness (QED) is 0.853. The molecule has 0 heterocycles. The smallest absolute Gasteiger partial charge is 0.146 e. The van der Waals surface area contributed by atoms with Crippen molar-refractivity contribution in [3.8, 4) is 0 Å². The van der Waals surface area contributed by atoms with Gasteiger partial charge >= 0.3 is 0 Å². The second-order valence-corrected chi connectivity index (χ2v) is 5.46. The summed E-state index contributed by atoms with van der Waals surface area (Å²) in [5.74, 6) is -0.348. The highest BCUT2D eigenvalue weighted by Gasteiger charge is 2.19. The van der Waals surface area contributed by atoms with Crippen LogP contribution in [0.3, 0.4) is 0 Å². The number of hydrogen-bond donors (Lipinski definition) is 1. The van der Waals surface area contributed by atoms with Crippen LogP contribution >= 0.6 is 11.6 Å². The second kappa shape index (κ2) is 6.38. The lowest BCUT2D eigenvalue weighted by atomic mass is 9.95. The van der Waals surface area contributed by atoms with Gasteiger partial charge in [0.05, 0.1) is 11.1 Å². The molecule has 3 heteroatoms. The molecule has 0 spiro atoms. The van der Waals surface area contributed by atoms with Crippen molar-refractivity contribution in [3.05, 3.63) is 69.5 Å². The molecule has 0 saturated carbocycles. The van der Waals surface area contributed by atoms with Crippen molar-refractivity contribution in [3.63, 3.8) is 0 Å². The molecule has 0 bridgehead atoms. The van der Waals surface area contributed by atoms with E-state index in [1.165, 1.54) is 11.1 Å². The summed E-state index contributed by atoms with van der Waals surface area (Å²) in [6.07, 6.45) is 0. The van der Waals surface area contributed by atoms with Gasteiger partial charge in [0.15, 0.2) is 0 Å². The van der Waals surface area contributed by atoms with E-state index in [9.17, 15) is 4.39 Å². The van der Waals surface area contributed by atoms with Gasteiger partial charge in [0.1, 0.15) is 5.82 Å². The van der Waals surface area contributed by atoms with E-state index in [1.807, 2.05) is 20.8 Å². The molecule has 0 radical (unpaired) electrons. The number of nitrogens with one attached hydrogen (secondary N) is 1. The monoisotopic (exact) mass is 291 g/mol. The summed E-state index contributed by atoms with van der Waals surface area (Å²) in [4.78, 5) is 0. The van der Waals surface area contributed by atoms with Gasteiger partial charge in [0.2, 0.25) is 0 Å². The minimum Gasteiger partial charge on any atom is -0.306 e. The topological polar surface area (TPSA) is 12.0 Å². The standard InChI is InChI=1S/C17H19ClFN/c1-4-20-17(13-9-11(2)8-12(3)10-13)14-6-5-7-15(18)16(14)19/h5-10,17,20H,4H2,1-3H3. The Balaban J connectivity index is 2.53. The van der Waals surface area contributed by atoms with Crippen molar-refractivity contribution in [2.75, 3.05) is 6.54 Å². The van der Waals surface area contributed by atoms with Gasteiger partial charge < -0.3 is 5.32 Å². The summed E-state index contributed by atoms with van der Waals surface area (Å²) < 4.78 is 14.3. The molecule has 0 saturated heterocycles. The van der Waals surface area contributed by atoms with Crippen LogP contribution in [0.2, 0.25) is 5.02 Å². The third kappa shape index (κ3) is 3.20. The summed E-state index contributed by atoms with van der Waals surface area (Å²) >= 11 is 5.91. The maximum absolute atomic E-state index is 14.3. The zero-order chi connectivity index (χ0) is 14.7. The van der Waals surface area contributed by atoms with Gasteiger partial charge in [-0.05, 0) is 32.0 Å². The van der Waals surface area contributed by atoms with Crippen molar-refractivity contribution < 1.29 is 4.39 Å². The molecule has 2 aromatic carbocycles. The zero-order valence-electron chi connectivity index (χ0n) is 12.0. The van der Waals surface area contributed by atoms with Crippen molar-refractivity contribution in [2.45, 2.75) is 26.8 Å². The van der Waals surface area contributed by atoms with Crippen molar-refractivity contribution >= 4 is 11.6 Å². The Morgan fingerprint density at radius 2 is 1.80 bits per heavy atom. The number of rotatable bonds is 4. The van der Waals surface area contributed by atoms with Gasteiger partial charge in [0.25, 0.3) is 0 Å². The van der Waals surface area contributed by atoms with Crippen molar-refractivity contribution in [1.29, 1.82) is 0 Å². The SMILES string of the molecule is CCNC(c1cc(C)cc(C)c1)c1cccc(Cl)c1F. The molecular formula is C17H19ClFN. The summed E-state index contributed by atoms with van der Waals surface area (Å²) in [5, 5.41) is 3.50. The fourth-order valence-electron chi connectivity index (χ4n) is 2.53. The van der Waals surface area contributed by atoms with Crippen LogP contribution in [0.5, 0.6) is 0 Å². The van der Waals surface area contributed by atoms with Gasteiger partial charge in [-0.3, -0.25) is 0 Å². The summed E-state index contributed by atoms with van der Waals surface area (Å²) in [7, 11) is 0. The molecule has 106 valence electrons. The van der Waals surface area contributed by atoms with Gasteiger partial charge in [-0.25, -0.2) is 4.39 Å². The highest BCUT2D eigenvalue weighted by molar-refractivity contribution is 6.30. The molecule has 0 aliphatic rings. The first kappa shape index (κ1) is 15.0. The van der Waals surface area contributed by atoms with Crippen LogP contribution in [0, 0.1) is 19.7 Å². The van der Waals surface area contributed by atoms with Crippen LogP contribution < -0.4 is 5.32 Å². The zero-order valence-corrected chi connectivity index (χ0v) is 12.8. The number of hydrogen-bond acceptors (Lipinski definition) is 1. The third-order valence-electron chi connectivity index (χ3n) is 3.28. The molecule has 0 amide bonds. The molecule has 0 fully saturated rings. The average molecular weight is 292 g/mol. The Morgan fingerprint density at radius 3 is 2.40 bits per heavy atom. The fourth-order valence-corrected chi connectivity index (χ4v) is 2.71. The van der Waals surface area contributed by atoms with Crippen LogP contribution in [0.4, 0.5) is 4.39 Å². The Labute approximate surface area is 124 Å². The van der Waals surface area contributed by atoms with Gasteiger partial charge in [0, 0.05) is 5.56 Å². The molecule has 0 aliphatic carbocycles. The van der Waals surface area contributed by atoms with Crippen LogP contribution in [0.1, 0.15) is 35.2 Å². The molecule has 2 rings (SSSR count). The van der Waals surface area contributed by atoms with E-state index >= 15 is 0 Å². The van der Waals surface area contributed by atoms with E-state index < -0.39 is 0 Å². The molecule has 1 N–H and O–H groups in total. The van der Waals surface area contributed by atoms with Gasteiger partial charge in [-0.1, -0.05) is 60.0 Å². The maximum Gasteiger partial charge on any atom is 0.146 e. The summed E-state index contributed by atoms with van der Waals surface area (Å²) in [5.41, 5.74) is 3.99. The van der Waals surface area contributed by atoms with Crippen LogP contribution in [-0.2, 0) is 0 Å². The molecule has 1 atom stereocenters. The van der Waals surface area contributed by atoms with Gasteiger partial charge in [-0.15, -0.1) is 0 Å². The molecule has 1 nitrogen and oxygen atoms in total. The molecule has 20 heavy (non-hydrogen) atoms. The predicted molar refractivity (Wildman–Crippen MR) is 82.8 cm³/mol.